The highest BCUT2D eigenvalue weighted by molar-refractivity contribution is 5.80. The standard InChI is InChI=1S/C26H25N7O/c1-26(2,3)24-29-33(20-9-5-4-6-10-20)25(34)32(24)17-18-13-15-19(16-14-18)21-11-7-8-12-22(21)23-27-30-31-28-23/h4-16H,17H2,1-3H3,(H,27,28,30,31). The van der Waals surface area contributed by atoms with Crippen LogP contribution >= 0.6 is 0 Å². The number of rotatable bonds is 5. The molecule has 0 unspecified atom stereocenters. The molecule has 0 saturated carbocycles. The van der Waals surface area contributed by atoms with Gasteiger partial charge in [-0.1, -0.05) is 87.5 Å². The number of H-pyrrole nitrogens is 1. The Hall–Kier alpha value is -4.33. The smallest absolute Gasteiger partial charge is 0.274 e. The van der Waals surface area contributed by atoms with Crippen LogP contribution < -0.4 is 5.69 Å². The van der Waals surface area contributed by atoms with Crippen LogP contribution in [0.15, 0.2) is 83.7 Å². The Labute approximate surface area is 196 Å². The van der Waals surface area contributed by atoms with Crippen molar-refractivity contribution in [3.8, 4) is 28.2 Å². The number of aromatic nitrogens is 7. The molecule has 0 radical (unpaired) electrons. The number of para-hydroxylation sites is 1. The van der Waals surface area contributed by atoms with Crippen LogP contribution in [0.1, 0.15) is 32.2 Å². The zero-order valence-electron chi connectivity index (χ0n) is 19.3. The minimum atomic E-state index is -0.289. The molecule has 0 atom stereocenters. The summed E-state index contributed by atoms with van der Waals surface area (Å²) in [5.74, 6) is 1.36. The third kappa shape index (κ3) is 4.05. The molecule has 8 heteroatoms. The second kappa shape index (κ2) is 8.55. The van der Waals surface area contributed by atoms with Gasteiger partial charge in [-0.2, -0.15) is 4.68 Å². The Morgan fingerprint density at radius 3 is 2.18 bits per heavy atom. The van der Waals surface area contributed by atoms with Gasteiger partial charge >= 0.3 is 5.69 Å². The number of benzene rings is 3. The first-order chi connectivity index (χ1) is 16.4. The second-order valence-electron chi connectivity index (χ2n) is 9.18. The maximum Gasteiger partial charge on any atom is 0.351 e. The van der Waals surface area contributed by atoms with Crippen molar-refractivity contribution in [3.63, 3.8) is 0 Å². The zero-order valence-corrected chi connectivity index (χ0v) is 19.3. The van der Waals surface area contributed by atoms with Gasteiger partial charge in [0.1, 0.15) is 5.82 Å². The molecule has 2 aromatic heterocycles. The Kier molecular flexibility index (Phi) is 5.41. The van der Waals surface area contributed by atoms with Crippen molar-refractivity contribution < 1.29 is 0 Å². The van der Waals surface area contributed by atoms with Gasteiger partial charge in [-0.05, 0) is 39.2 Å². The van der Waals surface area contributed by atoms with Crippen molar-refractivity contribution in [2.75, 3.05) is 0 Å². The minimum Gasteiger partial charge on any atom is -0.274 e. The molecule has 0 fully saturated rings. The highest BCUT2D eigenvalue weighted by Crippen LogP contribution is 2.30. The van der Waals surface area contributed by atoms with E-state index in [0.29, 0.717) is 12.4 Å². The molecule has 8 nitrogen and oxygen atoms in total. The average molecular weight is 452 g/mol. The van der Waals surface area contributed by atoms with E-state index >= 15 is 0 Å². The van der Waals surface area contributed by atoms with Crippen LogP contribution in [-0.4, -0.2) is 35.0 Å². The molecular weight excluding hydrogens is 426 g/mol. The summed E-state index contributed by atoms with van der Waals surface area (Å²) in [6.45, 7) is 6.64. The predicted molar refractivity (Wildman–Crippen MR) is 131 cm³/mol. The lowest BCUT2D eigenvalue weighted by atomic mass is 9.95. The molecule has 0 aliphatic carbocycles. The van der Waals surface area contributed by atoms with Crippen molar-refractivity contribution in [3.05, 3.63) is 101 Å². The molecule has 5 rings (SSSR count). The van der Waals surface area contributed by atoms with E-state index < -0.39 is 0 Å². The molecule has 170 valence electrons. The van der Waals surface area contributed by atoms with Crippen LogP contribution in [0.4, 0.5) is 0 Å². The highest BCUT2D eigenvalue weighted by atomic mass is 16.2. The van der Waals surface area contributed by atoms with Crippen LogP contribution in [0.25, 0.3) is 28.2 Å². The molecule has 5 aromatic rings. The second-order valence-corrected chi connectivity index (χ2v) is 9.18. The maximum absolute atomic E-state index is 13.3. The Morgan fingerprint density at radius 2 is 1.53 bits per heavy atom. The van der Waals surface area contributed by atoms with Crippen LogP contribution in [-0.2, 0) is 12.0 Å². The third-order valence-electron chi connectivity index (χ3n) is 5.67. The summed E-state index contributed by atoms with van der Waals surface area (Å²) in [4.78, 5) is 13.3. The topological polar surface area (TPSA) is 94.3 Å². The number of nitrogens with zero attached hydrogens (tertiary/aromatic N) is 6. The van der Waals surface area contributed by atoms with Crippen molar-refractivity contribution in [2.24, 2.45) is 0 Å². The van der Waals surface area contributed by atoms with Gasteiger partial charge in [-0.25, -0.2) is 9.89 Å². The normalized spacial score (nSPS) is 11.6. The quantitative estimate of drug-likeness (QED) is 0.432. The van der Waals surface area contributed by atoms with Crippen LogP contribution in [0.3, 0.4) is 0 Å². The molecule has 0 saturated heterocycles. The molecular formula is C26H25N7O. The first kappa shape index (κ1) is 21.5. The van der Waals surface area contributed by atoms with Crippen molar-refractivity contribution in [1.82, 2.24) is 35.0 Å². The molecule has 2 heterocycles. The van der Waals surface area contributed by atoms with Crippen LogP contribution in [0.2, 0.25) is 0 Å². The average Bonchev–Trinajstić information content (AvgIpc) is 3.49. The van der Waals surface area contributed by atoms with E-state index in [1.807, 2.05) is 66.7 Å². The SMILES string of the molecule is CC(C)(C)c1nn(-c2ccccc2)c(=O)n1Cc1ccc(-c2ccccc2-c2nnn[nH]2)cc1. The molecule has 0 amide bonds. The van der Waals surface area contributed by atoms with E-state index in [1.165, 1.54) is 4.68 Å². The fraction of sp³-hybridized carbons (Fsp3) is 0.192. The molecule has 3 aromatic carbocycles. The van der Waals surface area contributed by atoms with Crippen molar-refractivity contribution in [2.45, 2.75) is 32.7 Å². The lowest BCUT2D eigenvalue weighted by Crippen LogP contribution is -2.27. The molecule has 34 heavy (non-hydrogen) atoms. The van der Waals surface area contributed by atoms with Gasteiger partial charge in [0.25, 0.3) is 0 Å². The number of nitrogens with one attached hydrogen (secondary N) is 1. The van der Waals surface area contributed by atoms with Gasteiger partial charge in [-0.15, -0.1) is 10.2 Å². The first-order valence-corrected chi connectivity index (χ1v) is 11.1. The summed E-state index contributed by atoms with van der Waals surface area (Å²) in [5, 5.41) is 19.0. The van der Waals surface area contributed by atoms with Gasteiger partial charge in [0, 0.05) is 11.0 Å². The number of aromatic amines is 1. The highest BCUT2D eigenvalue weighted by Gasteiger charge is 2.25. The summed E-state index contributed by atoms with van der Waals surface area (Å²) in [6.07, 6.45) is 0. The van der Waals surface area contributed by atoms with Gasteiger partial charge < -0.3 is 0 Å². The summed E-state index contributed by atoms with van der Waals surface area (Å²) < 4.78 is 3.24. The van der Waals surface area contributed by atoms with Gasteiger partial charge in [0.15, 0.2) is 5.82 Å². The Bertz CT molecular complexity index is 1460. The van der Waals surface area contributed by atoms with Gasteiger partial charge in [-0.3, -0.25) is 4.57 Å². The zero-order chi connectivity index (χ0) is 23.7. The number of tetrazole rings is 1. The van der Waals surface area contributed by atoms with E-state index in [1.54, 1.807) is 4.57 Å². The third-order valence-corrected chi connectivity index (χ3v) is 5.67. The minimum absolute atomic E-state index is 0.150. The van der Waals surface area contributed by atoms with E-state index in [4.69, 9.17) is 5.10 Å². The summed E-state index contributed by atoms with van der Waals surface area (Å²) in [5.41, 5.74) is 4.33. The number of hydrogen-bond acceptors (Lipinski definition) is 5. The van der Waals surface area contributed by atoms with Gasteiger partial charge in [0.05, 0.1) is 12.2 Å². The summed E-state index contributed by atoms with van der Waals surface area (Å²) >= 11 is 0. The molecule has 0 aliphatic rings. The van der Waals surface area contributed by atoms with Gasteiger partial charge in [0.2, 0.25) is 0 Å². The first-order valence-electron chi connectivity index (χ1n) is 11.1. The Morgan fingerprint density at radius 1 is 0.853 bits per heavy atom. The predicted octanol–water partition coefficient (Wildman–Crippen LogP) is 4.23. The fourth-order valence-electron chi connectivity index (χ4n) is 4.02. The molecule has 1 N–H and O–H groups in total. The largest absolute Gasteiger partial charge is 0.351 e. The molecule has 0 bridgehead atoms. The number of hydrogen-bond donors (Lipinski definition) is 1. The lowest BCUT2D eigenvalue weighted by Gasteiger charge is -2.18. The van der Waals surface area contributed by atoms with E-state index in [9.17, 15) is 4.79 Å². The Balaban J connectivity index is 1.50. The van der Waals surface area contributed by atoms with E-state index in [-0.39, 0.29) is 11.1 Å². The molecule has 0 aliphatic heterocycles. The van der Waals surface area contributed by atoms with Crippen molar-refractivity contribution >= 4 is 0 Å². The van der Waals surface area contributed by atoms with E-state index in [2.05, 4.69) is 53.5 Å². The monoisotopic (exact) mass is 451 g/mol. The lowest BCUT2D eigenvalue weighted by molar-refractivity contribution is 0.505. The van der Waals surface area contributed by atoms with Crippen molar-refractivity contribution in [1.29, 1.82) is 0 Å². The molecule has 0 spiro atoms. The van der Waals surface area contributed by atoms with Crippen LogP contribution in [0.5, 0.6) is 0 Å². The van der Waals surface area contributed by atoms with E-state index in [0.717, 1.165) is 33.8 Å². The van der Waals surface area contributed by atoms with Crippen LogP contribution in [0, 0.1) is 0 Å². The summed E-state index contributed by atoms with van der Waals surface area (Å²) in [7, 11) is 0. The fourth-order valence-corrected chi connectivity index (χ4v) is 4.02. The summed E-state index contributed by atoms with van der Waals surface area (Å²) in [6, 6.07) is 25.7. The maximum atomic E-state index is 13.3.